The fourth-order valence-electron chi connectivity index (χ4n) is 11.1. The highest BCUT2D eigenvalue weighted by molar-refractivity contribution is 5.99. The SMILES string of the molecule is CC[C@H](C)C(=O)N[C@H](C(=O)N1C[C@@H](NC(=O)c2ccc(C(=O)N[C@H]3C[C@@H](C(=O)N[C@@H]4CCCc5ccccc54)N(C(=O)[C@@H](NC(=O)[C@@H](N)CC)C(C)(C)C)C3)cc2)C[C@H]1C(=O)N[C@@H]1CCCc2ccccc21)C(C)(C)C. The summed E-state index contributed by atoms with van der Waals surface area (Å²) < 4.78 is 0. The molecule has 2 aliphatic heterocycles. The number of rotatable bonds is 16. The van der Waals surface area contributed by atoms with Gasteiger partial charge in [-0.1, -0.05) is 111 Å². The van der Waals surface area contributed by atoms with E-state index in [2.05, 4.69) is 44.0 Å². The van der Waals surface area contributed by atoms with Crippen molar-refractivity contribution >= 4 is 47.3 Å². The quantitative estimate of drug-likeness (QED) is 0.0982. The van der Waals surface area contributed by atoms with Crippen LogP contribution in [0.3, 0.4) is 0 Å². The Morgan fingerprint density at radius 1 is 0.566 bits per heavy atom. The second-order valence-electron chi connectivity index (χ2n) is 23.6. The molecule has 0 bridgehead atoms. The minimum absolute atomic E-state index is 0.00128. The fraction of sp³-hybridized carbons (Fsp3) is 0.559. The van der Waals surface area contributed by atoms with E-state index >= 15 is 0 Å². The Kier molecular flexibility index (Phi) is 18.1. The number of hydrogen-bond donors (Lipinski definition) is 7. The van der Waals surface area contributed by atoms with Gasteiger partial charge in [-0.3, -0.25) is 38.4 Å². The largest absolute Gasteiger partial charge is 0.347 e. The molecular weight excluding hydrogens is 963 g/mol. The number of amides is 8. The smallest absolute Gasteiger partial charge is 0.251 e. The lowest BCUT2D eigenvalue weighted by molar-refractivity contribution is -0.144. The molecule has 17 heteroatoms. The van der Waals surface area contributed by atoms with Crippen molar-refractivity contribution in [3.63, 3.8) is 0 Å². The van der Waals surface area contributed by atoms with Crippen molar-refractivity contribution in [1.29, 1.82) is 0 Å². The van der Waals surface area contributed by atoms with E-state index in [0.29, 0.717) is 12.8 Å². The maximum atomic E-state index is 14.7. The Morgan fingerprint density at radius 3 is 1.34 bits per heavy atom. The lowest BCUT2D eigenvalue weighted by Crippen LogP contribution is -2.59. The van der Waals surface area contributed by atoms with Crippen LogP contribution in [0.4, 0.5) is 0 Å². The van der Waals surface area contributed by atoms with E-state index < -0.39 is 82.7 Å². The number of fused-ring (bicyclic) bond motifs is 2. The van der Waals surface area contributed by atoms with E-state index in [9.17, 15) is 38.4 Å². The summed E-state index contributed by atoms with van der Waals surface area (Å²) in [5, 5.41) is 18.3. The van der Waals surface area contributed by atoms with Gasteiger partial charge in [-0.25, -0.2) is 0 Å². The zero-order valence-corrected chi connectivity index (χ0v) is 45.9. The number of nitrogens with two attached hydrogens (primary N) is 1. The van der Waals surface area contributed by atoms with Crippen LogP contribution in [0, 0.1) is 16.7 Å². The molecule has 0 aromatic heterocycles. The van der Waals surface area contributed by atoms with Crippen LogP contribution in [-0.4, -0.2) is 112 Å². The van der Waals surface area contributed by atoms with E-state index in [0.717, 1.165) is 55.2 Å². The van der Waals surface area contributed by atoms with Crippen molar-refractivity contribution in [3.8, 4) is 0 Å². The van der Waals surface area contributed by atoms with Gasteiger partial charge in [0.25, 0.3) is 11.8 Å². The molecule has 8 amide bonds. The summed E-state index contributed by atoms with van der Waals surface area (Å²) in [5.41, 5.74) is 9.51. The summed E-state index contributed by atoms with van der Waals surface area (Å²) in [6.07, 6.45) is 6.29. The third-order valence-electron chi connectivity index (χ3n) is 15.9. The summed E-state index contributed by atoms with van der Waals surface area (Å²) in [7, 11) is 0. The van der Waals surface area contributed by atoms with Crippen molar-refractivity contribution in [2.45, 2.75) is 181 Å². The molecule has 2 aliphatic carbocycles. The van der Waals surface area contributed by atoms with Crippen molar-refractivity contribution in [3.05, 3.63) is 106 Å². The molecule has 0 unspecified atom stereocenters. The maximum absolute atomic E-state index is 14.7. The number of hydrogen-bond acceptors (Lipinski definition) is 9. The molecule has 2 saturated heterocycles. The van der Waals surface area contributed by atoms with Crippen LogP contribution in [0.25, 0.3) is 0 Å². The molecule has 4 aliphatic rings. The monoisotopic (exact) mass is 1040 g/mol. The number of nitrogens with one attached hydrogen (secondary N) is 6. The van der Waals surface area contributed by atoms with E-state index in [1.54, 1.807) is 13.8 Å². The van der Waals surface area contributed by atoms with Gasteiger partial charge in [0.1, 0.15) is 24.2 Å². The molecule has 76 heavy (non-hydrogen) atoms. The lowest BCUT2D eigenvalue weighted by Gasteiger charge is -2.36. The van der Waals surface area contributed by atoms with E-state index in [4.69, 9.17) is 5.73 Å². The normalized spacial score (nSPS) is 22.9. The first kappa shape index (κ1) is 57.1. The average molecular weight is 1040 g/mol. The van der Waals surface area contributed by atoms with Gasteiger partial charge in [-0.05, 0) is 122 Å². The Hall–Kier alpha value is -6.62. The van der Waals surface area contributed by atoms with Crippen LogP contribution in [0.15, 0.2) is 72.8 Å². The van der Waals surface area contributed by atoms with Gasteiger partial charge in [0.2, 0.25) is 35.4 Å². The molecule has 0 spiro atoms. The number of carbonyl (C=O) groups excluding carboxylic acids is 8. The summed E-state index contributed by atoms with van der Waals surface area (Å²) >= 11 is 0. The van der Waals surface area contributed by atoms with Crippen LogP contribution in [-0.2, 0) is 41.6 Å². The van der Waals surface area contributed by atoms with Crippen molar-refractivity contribution in [1.82, 2.24) is 41.7 Å². The summed E-state index contributed by atoms with van der Waals surface area (Å²) in [5.74, 6) is -3.56. The van der Waals surface area contributed by atoms with Gasteiger partial charge in [-0.15, -0.1) is 0 Å². The second-order valence-corrected chi connectivity index (χ2v) is 23.6. The summed E-state index contributed by atoms with van der Waals surface area (Å²) in [4.78, 5) is 115. The Balaban J connectivity index is 1.06. The zero-order chi connectivity index (χ0) is 55.2. The number of aryl methyl sites for hydroxylation is 2. The first-order chi connectivity index (χ1) is 36.0. The predicted molar refractivity (Wildman–Crippen MR) is 290 cm³/mol. The molecule has 3 aromatic rings. The van der Waals surface area contributed by atoms with Gasteiger partial charge in [0.05, 0.1) is 18.1 Å². The molecular formula is C59H81N9O8. The van der Waals surface area contributed by atoms with Gasteiger partial charge >= 0.3 is 0 Å². The van der Waals surface area contributed by atoms with E-state index in [-0.39, 0.29) is 72.8 Å². The van der Waals surface area contributed by atoms with E-state index in [1.807, 2.05) is 84.9 Å². The van der Waals surface area contributed by atoms with Crippen molar-refractivity contribution in [2.24, 2.45) is 22.5 Å². The molecule has 7 rings (SSSR count). The molecule has 2 heterocycles. The highest BCUT2D eigenvalue weighted by Gasteiger charge is 2.48. The summed E-state index contributed by atoms with van der Waals surface area (Å²) in [6, 6.07) is 15.7. The third-order valence-corrected chi connectivity index (χ3v) is 15.9. The molecule has 0 saturated carbocycles. The minimum Gasteiger partial charge on any atom is -0.347 e. The standard InChI is InChI=1S/C59H81N9O8/c1-10-34(3)50(69)65-48(58(4,5)6)56(75)67-32-39(30-46(67)54(73)63-44-24-16-20-35-18-12-14-22-41(35)44)61-51(70)37-26-28-38(29-27-37)52(71)62-40-31-47(55(74)64-45-25-17-21-36-19-13-15-23-42(36)45)68(33-40)57(76)49(59(7,8)9)66-53(72)43(60)11-2/h12-15,18-19,22-23,26-29,34,39-40,43-49H,10-11,16-17,20-21,24-25,30-33,60H2,1-9H3,(H,61,70)(H,62,71)(H,63,73)(H,64,74)(H,65,69)(H,66,72)/t34-,39-,40-,43-,44+,45+,46-,47-,48+,49+/m0/s1. The van der Waals surface area contributed by atoms with Crippen LogP contribution < -0.4 is 37.6 Å². The number of nitrogens with zero attached hydrogens (tertiary/aromatic N) is 2. The fourth-order valence-corrected chi connectivity index (χ4v) is 11.1. The lowest BCUT2D eigenvalue weighted by atomic mass is 9.85. The molecule has 3 aromatic carbocycles. The van der Waals surface area contributed by atoms with Gasteiger partial charge in [-0.2, -0.15) is 0 Å². The summed E-state index contributed by atoms with van der Waals surface area (Å²) in [6.45, 7) is 16.6. The molecule has 17 nitrogen and oxygen atoms in total. The zero-order valence-electron chi connectivity index (χ0n) is 45.9. The van der Waals surface area contributed by atoms with E-state index in [1.165, 1.54) is 39.6 Å². The first-order valence-corrected chi connectivity index (χ1v) is 27.4. The van der Waals surface area contributed by atoms with Crippen LogP contribution in [0.5, 0.6) is 0 Å². The van der Waals surface area contributed by atoms with Gasteiger partial charge in [0.15, 0.2) is 0 Å². The van der Waals surface area contributed by atoms with Crippen molar-refractivity contribution in [2.75, 3.05) is 13.1 Å². The highest BCUT2D eigenvalue weighted by atomic mass is 16.2. The highest BCUT2D eigenvalue weighted by Crippen LogP contribution is 2.34. The first-order valence-electron chi connectivity index (χ1n) is 27.4. The average Bonchev–Trinajstić information content (AvgIpc) is 4.03. The van der Waals surface area contributed by atoms with Crippen LogP contribution in [0.2, 0.25) is 0 Å². The molecule has 410 valence electrons. The van der Waals surface area contributed by atoms with Crippen LogP contribution in [0.1, 0.15) is 169 Å². The van der Waals surface area contributed by atoms with Gasteiger partial charge in [0, 0.05) is 42.2 Å². The third kappa shape index (κ3) is 13.3. The minimum atomic E-state index is -1.02. The Labute approximate surface area is 448 Å². The van der Waals surface area contributed by atoms with Crippen LogP contribution >= 0.6 is 0 Å². The van der Waals surface area contributed by atoms with Crippen molar-refractivity contribution < 1.29 is 38.4 Å². The topological polar surface area (TPSA) is 241 Å². The molecule has 8 N–H and O–H groups in total. The number of likely N-dealkylation sites (tertiary alicyclic amines) is 2. The molecule has 2 fully saturated rings. The Bertz CT molecular complexity index is 2460. The number of benzene rings is 3. The molecule has 0 radical (unpaired) electrons. The molecule has 10 atom stereocenters. The number of carbonyl (C=O) groups is 8. The maximum Gasteiger partial charge on any atom is 0.251 e. The van der Waals surface area contributed by atoms with Gasteiger partial charge < -0.3 is 47.4 Å². The Morgan fingerprint density at radius 2 is 0.961 bits per heavy atom. The predicted octanol–water partition coefficient (Wildman–Crippen LogP) is 5.32. The second kappa shape index (κ2) is 24.2.